The molecule has 0 aliphatic carbocycles. The highest BCUT2D eigenvalue weighted by molar-refractivity contribution is 5.98. The third-order valence-corrected chi connectivity index (χ3v) is 5.00. The van der Waals surface area contributed by atoms with Crippen molar-refractivity contribution < 1.29 is 9.59 Å². The number of nitrogens with zero attached hydrogens (tertiary/aromatic N) is 3. The average Bonchev–Trinajstić information content (AvgIpc) is 3.17. The summed E-state index contributed by atoms with van der Waals surface area (Å²) in [7, 11) is 0. The molecule has 0 unspecified atom stereocenters. The van der Waals surface area contributed by atoms with Gasteiger partial charge in [0.2, 0.25) is 5.91 Å². The molecule has 1 N–H and O–H groups in total. The molecule has 0 atom stereocenters. The monoisotopic (exact) mass is 362 g/mol. The predicted molar refractivity (Wildman–Crippen MR) is 104 cm³/mol. The molecule has 138 valence electrons. The first kappa shape index (κ1) is 17.3. The van der Waals surface area contributed by atoms with E-state index in [-0.39, 0.29) is 11.8 Å². The summed E-state index contributed by atoms with van der Waals surface area (Å²) in [6, 6.07) is 15.5. The number of hydrogen-bond acceptors (Lipinski definition) is 3. The molecule has 6 heteroatoms. The van der Waals surface area contributed by atoms with Gasteiger partial charge in [-0.15, -0.1) is 0 Å². The van der Waals surface area contributed by atoms with Gasteiger partial charge in [0.05, 0.1) is 11.0 Å². The third kappa shape index (κ3) is 3.43. The molecular weight excluding hydrogens is 340 g/mol. The zero-order valence-electron chi connectivity index (χ0n) is 15.3. The van der Waals surface area contributed by atoms with Crippen molar-refractivity contribution in [1.82, 2.24) is 19.8 Å². The highest BCUT2D eigenvalue weighted by Crippen LogP contribution is 2.22. The Labute approximate surface area is 157 Å². The van der Waals surface area contributed by atoms with E-state index in [1.165, 1.54) is 0 Å². The summed E-state index contributed by atoms with van der Waals surface area (Å²) >= 11 is 0. The zero-order chi connectivity index (χ0) is 18.8. The Morgan fingerprint density at radius 3 is 2.41 bits per heavy atom. The van der Waals surface area contributed by atoms with Crippen LogP contribution in [0, 0.1) is 0 Å². The van der Waals surface area contributed by atoms with Crippen LogP contribution in [0.1, 0.15) is 23.7 Å². The Hall–Kier alpha value is -3.15. The summed E-state index contributed by atoms with van der Waals surface area (Å²) in [5.41, 5.74) is 3.34. The summed E-state index contributed by atoms with van der Waals surface area (Å²) < 4.78 is 0. The van der Waals surface area contributed by atoms with Crippen LogP contribution in [0.3, 0.4) is 0 Å². The second kappa shape index (κ2) is 7.23. The molecule has 1 saturated heterocycles. The van der Waals surface area contributed by atoms with E-state index in [0.717, 1.165) is 22.4 Å². The van der Waals surface area contributed by atoms with E-state index in [4.69, 9.17) is 0 Å². The summed E-state index contributed by atoms with van der Waals surface area (Å²) in [5.74, 6) is 0.938. The van der Waals surface area contributed by atoms with Crippen molar-refractivity contribution in [3.05, 3.63) is 54.1 Å². The number of aromatic nitrogens is 2. The van der Waals surface area contributed by atoms with Gasteiger partial charge in [-0.1, -0.05) is 37.3 Å². The minimum absolute atomic E-state index is 0.00337. The Kier molecular flexibility index (Phi) is 4.62. The van der Waals surface area contributed by atoms with E-state index < -0.39 is 0 Å². The van der Waals surface area contributed by atoms with Crippen molar-refractivity contribution >= 4 is 22.8 Å². The number of carbonyl (C=O) groups excluding carboxylic acids is 2. The van der Waals surface area contributed by atoms with Gasteiger partial charge in [-0.2, -0.15) is 0 Å². The van der Waals surface area contributed by atoms with Gasteiger partial charge in [0, 0.05) is 43.7 Å². The molecule has 2 amide bonds. The molecule has 27 heavy (non-hydrogen) atoms. The van der Waals surface area contributed by atoms with E-state index in [0.29, 0.717) is 38.2 Å². The van der Waals surface area contributed by atoms with Gasteiger partial charge < -0.3 is 14.8 Å². The standard InChI is InChI=1S/C21H22N4O2/c1-2-19(26)24-10-12-25(13-11-24)21(27)16-8-9-17-18(14-16)23-20(22-17)15-6-4-3-5-7-15/h3-9,14H,2,10-13H2,1H3,(H,22,23). The number of rotatable bonds is 3. The quantitative estimate of drug-likeness (QED) is 0.779. The summed E-state index contributed by atoms with van der Waals surface area (Å²) in [6.45, 7) is 4.20. The SMILES string of the molecule is CCC(=O)N1CCN(C(=O)c2ccc3nc(-c4ccccc4)[nH]c3c2)CC1. The van der Waals surface area contributed by atoms with Crippen LogP contribution in [0.15, 0.2) is 48.5 Å². The van der Waals surface area contributed by atoms with Crippen LogP contribution in [0.5, 0.6) is 0 Å². The van der Waals surface area contributed by atoms with Crippen LogP contribution < -0.4 is 0 Å². The lowest BCUT2D eigenvalue weighted by atomic mass is 10.1. The van der Waals surface area contributed by atoms with E-state index in [1.54, 1.807) is 0 Å². The van der Waals surface area contributed by atoms with Gasteiger partial charge in [-0.05, 0) is 18.2 Å². The Morgan fingerprint density at radius 2 is 1.70 bits per heavy atom. The third-order valence-electron chi connectivity index (χ3n) is 5.00. The molecule has 1 aromatic heterocycles. The van der Waals surface area contributed by atoms with Gasteiger partial charge >= 0.3 is 0 Å². The van der Waals surface area contributed by atoms with Gasteiger partial charge in [-0.3, -0.25) is 9.59 Å². The average molecular weight is 362 g/mol. The number of amides is 2. The minimum atomic E-state index is -0.00337. The van der Waals surface area contributed by atoms with Crippen molar-refractivity contribution in [1.29, 1.82) is 0 Å². The molecule has 6 nitrogen and oxygen atoms in total. The lowest BCUT2D eigenvalue weighted by Gasteiger charge is -2.34. The van der Waals surface area contributed by atoms with E-state index in [1.807, 2.05) is 65.3 Å². The summed E-state index contributed by atoms with van der Waals surface area (Å²) in [6.07, 6.45) is 0.508. The number of imidazole rings is 1. The number of H-pyrrole nitrogens is 1. The molecule has 0 saturated carbocycles. The number of aromatic amines is 1. The number of benzene rings is 2. The molecule has 1 aliphatic rings. The second-order valence-electron chi connectivity index (χ2n) is 6.71. The lowest BCUT2D eigenvalue weighted by molar-refractivity contribution is -0.132. The van der Waals surface area contributed by atoms with E-state index >= 15 is 0 Å². The Morgan fingerprint density at radius 1 is 1.00 bits per heavy atom. The molecule has 0 bridgehead atoms. The van der Waals surface area contributed by atoms with Crippen LogP contribution in [-0.2, 0) is 4.79 Å². The fourth-order valence-electron chi connectivity index (χ4n) is 3.44. The fourth-order valence-corrected chi connectivity index (χ4v) is 3.44. The number of nitrogens with one attached hydrogen (secondary N) is 1. The van der Waals surface area contributed by atoms with Crippen LogP contribution in [-0.4, -0.2) is 57.8 Å². The maximum atomic E-state index is 12.9. The number of fused-ring (bicyclic) bond motifs is 1. The molecule has 4 rings (SSSR count). The first-order valence-electron chi connectivity index (χ1n) is 9.28. The van der Waals surface area contributed by atoms with Crippen molar-refractivity contribution in [2.24, 2.45) is 0 Å². The Balaban J connectivity index is 1.52. The topological polar surface area (TPSA) is 69.3 Å². The Bertz CT molecular complexity index is 972. The van der Waals surface area contributed by atoms with E-state index in [2.05, 4.69) is 9.97 Å². The first-order valence-corrected chi connectivity index (χ1v) is 9.28. The molecule has 3 aromatic rings. The zero-order valence-corrected chi connectivity index (χ0v) is 15.3. The van der Waals surface area contributed by atoms with Crippen molar-refractivity contribution in [3.8, 4) is 11.4 Å². The predicted octanol–water partition coefficient (Wildman–Crippen LogP) is 2.92. The maximum absolute atomic E-state index is 12.9. The molecule has 2 aromatic carbocycles. The minimum Gasteiger partial charge on any atom is -0.339 e. The molecule has 0 radical (unpaired) electrons. The first-order chi connectivity index (χ1) is 13.2. The number of piperazine rings is 1. The van der Waals surface area contributed by atoms with Crippen LogP contribution >= 0.6 is 0 Å². The maximum Gasteiger partial charge on any atom is 0.254 e. The summed E-state index contributed by atoms with van der Waals surface area (Å²) in [4.78, 5) is 36.2. The van der Waals surface area contributed by atoms with Crippen molar-refractivity contribution in [2.75, 3.05) is 26.2 Å². The largest absolute Gasteiger partial charge is 0.339 e. The van der Waals surface area contributed by atoms with Gasteiger partial charge in [-0.25, -0.2) is 4.98 Å². The van der Waals surface area contributed by atoms with Crippen LogP contribution in [0.2, 0.25) is 0 Å². The van der Waals surface area contributed by atoms with Gasteiger partial charge in [0.1, 0.15) is 5.82 Å². The lowest BCUT2D eigenvalue weighted by Crippen LogP contribution is -2.50. The molecular formula is C21H22N4O2. The highest BCUT2D eigenvalue weighted by atomic mass is 16.2. The molecule has 1 fully saturated rings. The summed E-state index contributed by atoms with van der Waals surface area (Å²) in [5, 5.41) is 0. The van der Waals surface area contributed by atoms with Crippen LogP contribution in [0.4, 0.5) is 0 Å². The van der Waals surface area contributed by atoms with Crippen LogP contribution in [0.25, 0.3) is 22.4 Å². The van der Waals surface area contributed by atoms with Gasteiger partial charge in [0.15, 0.2) is 0 Å². The fraction of sp³-hybridized carbons (Fsp3) is 0.286. The smallest absolute Gasteiger partial charge is 0.254 e. The molecule has 0 spiro atoms. The van der Waals surface area contributed by atoms with Crippen molar-refractivity contribution in [3.63, 3.8) is 0 Å². The van der Waals surface area contributed by atoms with Gasteiger partial charge in [0.25, 0.3) is 5.91 Å². The normalized spacial score (nSPS) is 14.6. The number of carbonyl (C=O) groups is 2. The highest BCUT2D eigenvalue weighted by Gasteiger charge is 2.24. The molecule has 1 aliphatic heterocycles. The molecule has 2 heterocycles. The van der Waals surface area contributed by atoms with E-state index in [9.17, 15) is 9.59 Å². The second-order valence-corrected chi connectivity index (χ2v) is 6.71. The van der Waals surface area contributed by atoms with Crippen molar-refractivity contribution in [2.45, 2.75) is 13.3 Å². The number of hydrogen-bond donors (Lipinski definition) is 1.